The lowest BCUT2D eigenvalue weighted by Crippen LogP contribution is -2.31. The zero-order chi connectivity index (χ0) is 13.9. The normalized spacial score (nSPS) is 15.0. The van der Waals surface area contributed by atoms with E-state index in [2.05, 4.69) is 21.2 Å². The fourth-order valence-corrected chi connectivity index (χ4v) is 1.50. The zero-order valence-electron chi connectivity index (χ0n) is 9.88. The molecule has 0 saturated heterocycles. The van der Waals surface area contributed by atoms with Gasteiger partial charge < -0.3 is 5.32 Å². The van der Waals surface area contributed by atoms with Crippen LogP contribution in [0.2, 0.25) is 0 Å². The van der Waals surface area contributed by atoms with E-state index in [-0.39, 0.29) is 16.8 Å². The minimum Gasteiger partial charge on any atom is -0.349 e. The minimum atomic E-state index is -4.34. The average Bonchev–Trinajstić information content (AvgIpc) is 2.27. The van der Waals surface area contributed by atoms with Gasteiger partial charge in [-0.1, -0.05) is 28.1 Å². The second-order valence-corrected chi connectivity index (χ2v) is 5.34. The number of benzene rings is 1. The van der Waals surface area contributed by atoms with Gasteiger partial charge in [-0.2, -0.15) is 13.2 Å². The molecule has 100 valence electrons. The van der Waals surface area contributed by atoms with Crippen molar-refractivity contribution in [3.05, 3.63) is 35.4 Å². The van der Waals surface area contributed by atoms with Crippen LogP contribution in [0.25, 0.3) is 0 Å². The summed E-state index contributed by atoms with van der Waals surface area (Å²) in [5.41, 5.74) is -0.0665. The molecule has 0 bridgehead atoms. The molecule has 0 radical (unpaired) electrons. The quantitative estimate of drug-likeness (QED) is 0.845. The predicted molar refractivity (Wildman–Crippen MR) is 66.4 cm³/mol. The fourth-order valence-electron chi connectivity index (χ4n) is 1.37. The van der Waals surface area contributed by atoms with Gasteiger partial charge in [-0.3, -0.25) is 4.79 Å². The Morgan fingerprint density at radius 3 is 2.11 bits per heavy atom. The van der Waals surface area contributed by atoms with Gasteiger partial charge in [-0.15, -0.1) is 0 Å². The number of carbonyl (C=O) groups excluding carboxylic acids is 1. The van der Waals surface area contributed by atoms with Crippen LogP contribution in [-0.2, 0) is 11.0 Å². The van der Waals surface area contributed by atoms with Gasteiger partial charge in [0.25, 0.3) is 0 Å². The van der Waals surface area contributed by atoms with Crippen molar-refractivity contribution in [2.24, 2.45) is 0 Å². The molecule has 0 aromatic heterocycles. The molecule has 2 unspecified atom stereocenters. The lowest BCUT2D eigenvalue weighted by Gasteiger charge is -2.16. The van der Waals surface area contributed by atoms with Crippen molar-refractivity contribution in [3.8, 4) is 0 Å². The van der Waals surface area contributed by atoms with Crippen LogP contribution in [-0.4, -0.2) is 10.7 Å². The summed E-state index contributed by atoms with van der Waals surface area (Å²) in [6.45, 7) is 3.39. The Balaban J connectivity index is 2.76. The number of carbonyl (C=O) groups is 1. The molecule has 2 atom stereocenters. The van der Waals surface area contributed by atoms with E-state index >= 15 is 0 Å². The van der Waals surface area contributed by atoms with E-state index < -0.39 is 11.7 Å². The highest BCUT2D eigenvalue weighted by atomic mass is 79.9. The molecule has 0 saturated carbocycles. The topological polar surface area (TPSA) is 29.1 Å². The molecule has 6 heteroatoms. The molecule has 1 aromatic rings. The summed E-state index contributed by atoms with van der Waals surface area (Å²) >= 11 is 3.12. The Morgan fingerprint density at radius 1 is 1.22 bits per heavy atom. The average molecular weight is 324 g/mol. The third-order valence-corrected chi connectivity index (χ3v) is 2.87. The van der Waals surface area contributed by atoms with Crippen LogP contribution >= 0.6 is 15.9 Å². The number of halogens is 4. The lowest BCUT2D eigenvalue weighted by molar-refractivity contribution is -0.137. The summed E-state index contributed by atoms with van der Waals surface area (Å²) in [4.78, 5) is 11.1. The minimum absolute atomic E-state index is 0.206. The summed E-state index contributed by atoms with van der Waals surface area (Å²) in [6.07, 6.45) is -4.34. The van der Waals surface area contributed by atoms with Crippen LogP contribution < -0.4 is 5.32 Å². The highest BCUT2D eigenvalue weighted by molar-refractivity contribution is 9.10. The molecule has 1 aromatic carbocycles. The number of amides is 1. The molecule has 0 fully saturated rings. The maximum absolute atomic E-state index is 12.4. The molecule has 18 heavy (non-hydrogen) atoms. The molecule has 0 aliphatic carbocycles. The number of alkyl halides is 4. The predicted octanol–water partition coefficient (Wildman–Crippen LogP) is 3.67. The SMILES string of the molecule is CC(Br)C(=O)NC(C)c1ccc(C(F)(F)F)cc1. The Bertz CT molecular complexity index is 414. The zero-order valence-corrected chi connectivity index (χ0v) is 11.5. The van der Waals surface area contributed by atoms with Crippen molar-refractivity contribution in [2.45, 2.75) is 30.9 Å². The van der Waals surface area contributed by atoms with E-state index in [0.717, 1.165) is 12.1 Å². The summed E-state index contributed by atoms with van der Waals surface area (Å²) in [6, 6.07) is 4.42. The second-order valence-electron chi connectivity index (χ2n) is 3.97. The Hall–Kier alpha value is -1.04. The third kappa shape index (κ3) is 4.01. The Kier molecular flexibility index (Phi) is 4.78. The van der Waals surface area contributed by atoms with Gasteiger partial charge in [-0.05, 0) is 31.5 Å². The number of nitrogens with one attached hydrogen (secondary N) is 1. The summed E-state index contributed by atoms with van der Waals surface area (Å²) in [5, 5.41) is 2.69. The van der Waals surface area contributed by atoms with E-state index in [1.165, 1.54) is 12.1 Å². The van der Waals surface area contributed by atoms with Gasteiger partial charge in [0.05, 0.1) is 16.4 Å². The van der Waals surface area contributed by atoms with E-state index in [1.54, 1.807) is 13.8 Å². The van der Waals surface area contributed by atoms with Gasteiger partial charge >= 0.3 is 6.18 Å². The van der Waals surface area contributed by atoms with Crippen molar-refractivity contribution in [3.63, 3.8) is 0 Å². The van der Waals surface area contributed by atoms with Crippen molar-refractivity contribution in [2.75, 3.05) is 0 Å². The second kappa shape index (κ2) is 5.73. The standard InChI is InChI=1S/C12H13BrF3NO/c1-7(13)11(18)17-8(2)9-3-5-10(6-4-9)12(14,15)16/h3-8H,1-2H3,(H,17,18). The van der Waals surface area contributed by atoms with Crippen LogP contribution in [0.3, 0.4) is 0 Å². The molecule has 0 heterocycles. The first kappa shape index (κ1) is 15.0. The van der Waals surface area contributed by atoms with Crippen LogP contribution in [0.4, 0.5) is 13.2 Å². The lowest BCUT2D eigenvalue weighted by atomic mass is 10.1. The molecule has 1 N–H and O–H groups in total. The molecule has 0 aliphatic rings. The van der Waals surface area contributed by atoms with Gasteiger partial charge in [0.15, 0.2) is 0 Å². The highest BCUT2D eigenvalue weighted by Gasteiger charge is 2.30. The maximum atomic E-state index is 12.4. The maximum Gasteiger partial charge on any atom is 0.416 e. The van der Waals surface area contributed by atoms with Crippen molar-refractivity contribution < 1.29 is 18.0 Å². The Morgan fingerprint density at radius 2 is 1.72 bits per heavy atom. The first-order valence-electron chi connectivity index (χ1n) is 5.33. The van der Waals surface area contributed by atoms with E-state index in [0.29, 0.717) is 5.56 Å². The van der Waals surface area contributed by atoms with Gasteiger partial charge in [0, 0.05) is 0 Å². The molecular weight excluding hydrogens is 311 g/mol. The van der Waals surface area contributed by atoms with E-state index in [1.807, 2.05) is 0 Å². The van der Waals surface area contributed by atoms with Crippen LogP contribution in [0, 0.1) is 0 Å². The Labute approximate surface area is 112 Å². The molecule has 0 spiro atoms. The van der Waals surface area contributed by atoms with Crippen LogP contribution in [0.5, 0.6) is 0 Å². The smallest absolute Gasteiger partial charge is 0.349 e. The molecule has 1 rings (SSSR count). The van der Waals surface area contributed by atoms with Gasteiger partial charge in [-0.25, -0.2) is 0 Å². The van der Waals surface area contributed by atoms with Crippen molar-refractivity contribution >= 4 is 21.8 Å². The number of hydrogen-bond donors (Lipinski definition) is 1. The van der Waals surface area contributed by atoms with Crippen LogP contribution in [0.15, 0.2) is 24.3 Å². The van der Waals surface area contributed by atoms with Gasteiger partial charge in [0.1, 0.15) is 0 Å². The summed E-state index contributed by atoms with van der Waals surface area (Å²) < 4.78 is 37.1. The van der Waals surface area contributed by atoms with Crippen LogP contribution in [0.1, 0.15) is 31.0 Å². The summed E-state index contributed by atoms with van der Waals surface area (Å²) in [5.74, 6) is -0.206. The fraction of sp³-hybridized carbons (Fsp3) is 0.417. The first-order valence-corrected chi connectivity index (χ1v) is 6.25. The van der Waals surface area contributed by atoms with Crippen molar-refractivity contribution in [1.29, 1.82) is 0 Å². The molecule has 2 nitrogen and oxygen atoms in total. The third-order valence-electron chi connectivity index (χ3n) is 2.46. The van der Waals surface area contributed by atoms with Gasteiger partial charge in [0.2, 0.25) is 5.91 Å². The van der Waals surface area contributed by atoms with E-state index in [9.17, 15) is 18.0 Å². The number of hydrogen-bond acceptors (Lipinski definition) is 1. The molecule has 0 aliphatic heterocycles. The molecular formula is C12H13BrF3NO. The van der Waals surface area contributed by atoms with E-state index in [4.69, 9.17) is 0 Å². The number of rotatable bonds is 3. The first-order chi connectivity index (χ1) is 8.21. The molecule has 1 amide bonds. The highest BCUT2D eigenvalue weighted by Crippen LogP contribution is 2.29. The monoisotopic (exact) mass is 323 g/mol. The largest absolute Gasteiger partial charge is 0.416 e. The van der Waals surface area contributed by atoms with Crippen molar-refractivity contribution in [1.82, 2.24) is 5.32 Å². The summed E-state index contributed by atoms with van der Waals surface area (Å²) in [7, 11) is 0.